The van der Waals surface area contributed by atoms with Crippen molar-refractivity contribution in [2.75, 3.05) is 6.61 Å². The summed E-state index contributed by atoms with van der Waals surface area (Å²) in [7, 11) is 0. The highest BCUT2D eigenvalue weighted by molar-refractivity contribution is 6.30. The normalized spacial score (nSPS) is 11.9. The van der Waals surface area contributed by atoms with E-state index >= 15 is 0 Å². The first-order valence-electron chi connectivity index (χ1n) is 3.83. The quantitative estimate of drug-likeness (QED) is 0.816. The highest BCUT2D eigenvalue weighted by Crippen LogP contribution is 2.10. The zero-order valence-electron chi connectivity index (χ0n) is 7.11. The molecule has 0 aliphatic heterocycles. The van der Waals surface area contributed by atoms with E-state index in [0.717, 1.165) is 10.6 Å². The number of rotatable bonds is 3. The predicted molar refractivity (Wildman–Crippen MR) is 57.5 cm³/mol. The fourth-order valence-corrected chi connectivity index (χ4v) is 1.11. The molecule has 0 saturated heterocycles. The number of hydrogen-bond acceptors (Lipinski definition) is 2. The molecule has 3 N–H and O–H groups in total. The first kappa shape index (κ1) is 12.7. The second kappa shape index (κ2) is 6.22. The Balaban J connectivity index is 0.00000144. The number of halogens is 2. The fourth-order valence-electron chi connectivity index (χ4n) is 0.988. The Labute approximate surface area is 89.1 Å². The van der Waals surface area contributed by atoms with Gasteiger partial charge in [0.15, 0.2) is 0 Å². The summed E-state index contributed by atoms with van der Waals surface area (Å²) in [6, 6.07) is 7.30. The maximum atomic E-state index is 8.70. The molecule has 0 radical (unpaired) electrons. The Bertz CT molecular complexity index is 238. The van der Waals surface area contributed by atoms with Gasteiger partial charge in [0.25, 0.3) is 0 Å². The minimum atomic E-state index is -0.175. The Morgan fingerprint density at radius 2 is 1.85 bits per heavy atom. The van der Waals surface area contributed by atoms with Crippen molar-refractivity contribution in [1.82, 2.24) is 0 Å². The standard InChI is InChI=1S/C9H12ClNO.ClH/c10-8-3-1-7(2-4-8)5-9(11)6-12;/h1-4,9,12H,5-6,11H2;1H. The molecule has 0 fully saturated rings. The first-order valence-corrected chi connectivity index (χ1v) is 4.21. The molecule has 1 aromatic rings. The third kappa shape index (κ3) is 4.48. The summed E-state index contributed by atoms with van der Waals surface area (Å²) in [4.78, 5) is 0. The molecule has 0 aliphatic carbocycles. The summed E-state index contributed by atoms with van der Waals surface area (Å²) in [6.45, 7) is 0.0165. The molecule has 13 heavy (non-hydrogen) atoms. The predicted octanol–water partition coefficient (Wildman–Crippen LogP) is 1.62. The van der Waals surface area contributed by atoms with Crippen LogP contribution in [0.5, 0.6) is 0 Å². The Morgan fingerprint density at radius 1 is 1.31 bits per heavy atom. The Morgan fingerprint density at radius 3 is 2.31 bits per heavy atom. The summed E-state index contributed by atoms with van der Waals surface area (Å²) < 4.78 is 0. The zero-order valence-corrected chi connectivity index (χ0v) is 8.68. The smallest absolute Gasteiger partial charge is 0.0585 e. The number of hydrogen-bond donors (Lipinski definition) is 2. The molecule has 2 nitrogen and oxygen atoms in total. The lowest BCUT2D eigenvalue weighted by atomic mass is 10.1. The SMILES string of the molecule is Cl.NC(CO)Cc1ccc(Cl)cc1. The molecule has 1 aromatic carbocycles. The molecule has 4 heteroatoms. The summed E-state index contributed by atoms with van der Waals surface area (Å²) in [5.41, 5.74) is 6.66. The van der Waals surface area contributed by atoms with E-state index in [0.29, 0.717) is 6.42 Å². The molecule has 1 unspecified atom stereocenters. The van der Waals surface area contributed by atoms with Crippen LogP contribution in [0.4, 0.5) is 0 Å². The van der Waals surface area contributed by atoms with Gasteiger partial charge in [-0.05, 0) is 24.1 Å². The number of nitrogens with two attached hydrogens (primary N) is 1. The zero-order chi connectivity index (χ0) is 8.97. The minimum Gasteiger partial charge on any atom is -0.395 e. The third-order valence-electron chi connectivity index (χ3n) is 1.65. The van der Waals surface area contributed by atoms with E-state index in [1.54, 1.807) is 0 Å². The third-order valence-corrected chi connectivity index (χ3v) is 1.90. The second-order valence-corrected chi connectivity index (χ2v) is 3.21. The number of benzene rings is 1. The van der Waals surface area contributed by atoms with Gasteiger partial charge < -0.3 is 10.8 Å². The lowest BCUT2D eigenvalue weighted by Gasteiger charge is -2.07. The van der Waals surface area contributed by atoms with Gasteiger partial charge in [0.2, 0.25) is 0 Å². The average molecular weight is 222 g/mol. The van der Waals surface area contributed by atoms with Crippen LogP contribution >= 0.6 is 24.0 Å². The van der Waals surface area contributed by atoms with E-state index < -0.39 is 0 Å². The largest absolute Gasteiger partial charge is 0.395 e. The molecule has 0 bridgehead atoms. The molecule has 0 aromatic heterocycles. The molecule has 0 heterocycles. The molecule has 1 rings (SSSR count). The van der Waals surface area contributed by atoms with Gasteiger partial charge in [0, 0.05) is 11.1 Å². The van der Waals surface area contributed by atoms with Crippen molar-refractivity contribution in [3.8, 4) is 0 Å². The lowest BCUT2D eigenvalue weighted by Crippen LogP contribution is -2.26. The van der Waals surface area contributed by atoms with E-state index in [-0.39, 0.29) is 25.1 Å². The van der Waals surface area contributed by atoms with Crippen LogP contribution in [0.3, 0.4) is 0 Å². The summed E-state index contributed by atoms with van der Waals surface area (Å²) in [6.07, 6.45) is 0.688. The van der Waals surface area contributed by atoms with Crippen molar-refractivity contribution in [3.05, 3.63) is 34.9 Å². The molecular weight excluding hydrogens is 209 g/mol. The van der Waals surface area contributed by atoms with Crippen LogP contribution in [-0.2, 0) is 6.42 Å². The monoisotopic (exact) mass is 221 g/mol. The molecule has 0 spiro atoms. The van der Waals surface area contributed by atoms with Gasteiger partial charge in [0.05, 0.1) is 6.61 Å². The van der Waals surface area contributed by atoms with Crippen molar-refractivity contribution < 1.29 is 5.11 Å². The summed E-state index contributed by atoms with van der Waals surface area (Å²) in [5.74, 6) is 0. The van der Waals surface area contributed by atoms with Gasteiger partial charge in [-0.3, -0.25) is 0 Å². The number of aliphatic hydroxyl groups excluding tert-OH is 1. The Kier molecular flexibility index (Phi) is 6.08. The van der Waals surface area contributed by atoms with Crippen molar-refractivity contribution in [3.63, 3.8) is 0 Å². The lowest BCUT2D eigenvalue weighted by molar-refractivity contribution is 0.265. The van der Waals surface area contributed by atoms with Gasteiger partial charge in [-0.15, -0.1) is 12.4 Å². The van der Waals surface area contributed by atoms with E-state index in [4.69, 9.17) is 22.4 Å². The fraction of sp³-hybridized carbons (Fsp3) is 0.333. The van der Waals surface area contributed by atoms with Crippen LogP contribution in [0, 0.1) is 0 Å². The average Bonchev–Trinajstić information content (AvgIpc) is 2.09. The summed E-state index contributed by atoms with van der Waals surface area (Å²) in [5, 5.41) is 9.42. The number of aliphatic hydroxyl groups is 1. The maximum absolute atomic E-state index is 8.70. The van der Waals surface area contributed by atoms with Crippen molar-refractivity contribution in [1.29, 1.82) is 0 Å². The van der Waals surface area contributed by atoms with Crippen LogP contribution in [0.25, 0.3) is 0 Å². The van der Waals surface area contributed by atoms with E-state index in [9.17, 15) is 0 Å². The topological polar surface area (TPSA) is 46.2 Å². The molecule has 1 atom stereocenters. The maximum Gasteiger partial charge on any atom is 0.0585 e. The first-order chi connectivity index (χ1) is 5.72. The molecule has 0 saturated carbocycles. The van der Waals surface area contributed by atoms with Gasteiger partial charge in [-0.25, -0.2) is 0 Å². The highest BCUT2D eigenvalue weighted by atomic mass is 35.5. The van der Waals surface area contributed by atoms with Crippen molar-refractivity contribution in [2.45, 2.75) is 12.5 Å². The minimum absolute atomic E-state index is 0. The van der Waals surface area contributed by atoms with Crippen LogP contribution < -0.4 is 5.73 Å². The van der Waals surface area contributed by atoms with Crippen molar-refractivity contribution >= 4 is 24.0 Å². The van der Waals surface area contributed by atoms with Gasteiger partial charge >= 0.3 is 0 Å². The van der Waals surface area contributed by atoms with Gasteiger partial charge in [0.1, 0.15) is 0 Å². The molecule has 0 amide bonds. The van der Waals surface area contributed by atoms with E-state index in [1.165, 1.54) is 0 Å². The van der Waals surface area contributed by atoms with Crippen LogP contribution in [0.1, 0.15) is 5.56 Å². The van der Waals surface area contributed by atoms with Gasteiger partial charge in [-0.1, -0.05) is 23.7 Å². The van der Waals surface area contributed by atoms with Gasteiger partial charge in [-0.2, -0.15) is 0 Å². The van der Waals surface area contributed by atoms with Crippen molar-refractivity contribution in [2.24, 2.45) is 5.73 Å². The molecule has 0 aliphatic rings. The highest BCUT2D eigenvalue weighted by Gasteiger charge is 2.01. The van der Waals surface area contributed by atoms with E-state index in [1.807, 2.05) is 24.3 Å². The molecular formula is C9H13Cl2NO. The second-order valence-electron chi connectivity index (χ2n) is 2.77. The Hall–Kier alpha value is -0.280. The summed E-state index contributed by atoms with van der Waals surface area (Å²) >= 11 is 5.70. The van der Waals surface area contributed by atoms with E-state index in [2.05, 4.69) is 0 Å². The molecule has 74 valence electrons. The van der Waals surface area contributed by atoms with Crippen LogP contribution in [-0.4, -0.2) is 17.8 Å². The van der Waals surface area contributed by atoms with Crippen LogP contribution in [0.2, 0.25) is 5.02 Å². The van der Waals surface area contributed by atoms with Crippen LogP contribution in [0.15, 0.2) is 24.3 Å².